The summed E-state index contributed by atoms with van der Waals surface area (Å²) in [6.07, 6.45) is 3.26. The fraction of sp³-hybridized carbons (Fsp3) is 0.143. The number of carboxylic acids is 2. The van der Waals surface area contributed by atoms with E-state index in [-0.39, 0.29) is 17.0 Å². The Bertz CT molecular complexity index is 1700. The number of aryl methyl sites for hydroxylation is 2. The van der Waals surface area contributed by atoms with Crippen LogP contribution in [0.4, 0.5) is 0 Å². The molecule has 0 atom stereocenters. The van der Waals surface area contributed by atoms with Crippen LogP contribution < -0.4 is 5.32 Å². The van der Waals surface area contributed by atoms with Gasteiger partial charge in [-0.2, -0.15) is 0 Å². The van der Waals surface area contributed by atoms with Gasteiger partial charge in [-0.3, -0.25) is 4.79 Å². The molecule has 0 aliphatic carbocycles. The third kappa shape index (κ3) is 5.41. The SMILES string of the molecule is CCNC(=O)c1cc(-c2cn(-c3ccc(C(=O)O)c(C)c3)nn2)nc(-c2cn(-c3ccc(C(=O)O)c(C)c3)nn2)c1. The van der Waals surface area contributed by atoms with Gasteiger partial charge in [0.15, 0.2) is 0 Å². The van der Waals surface area contributed by atoms with Gasteiger partial charge in [-0.25, -0.2) is 23.9 Å². The number of carboxylic acid groups (broad SMARTS) is 2. The summed E-state index contributed by atoms with van der Waals surface area (Å²) < 4.78 is 2.99. The molecular formula is C28H24N8O5. The summed E-state index contributed by atoms with van der Waals surface area (Å²) in [5.41, 5.74) is 4.57. The molecule has 3 aromatic heterocycles. The summed E-state index contributed by atoms with van der Waals surface area (Å²) in [4.78, 5) is 40.2. The van der Waals surface area contributed by atoms with Crippen LogP contribution in [0.5, 0.6) is 0 Å². The van der Waals surface area contributed by atoms with Crippen molar-refractivity contribution >= 4 is 17.8 Å². The van der Waals surface area contributed by atoms with Crippen molar-refractivity contribution in [1.29, 1.82) is 0 Å². The van der Waals surface area contributed by atoms with E-state index in [1.165, 1.54) is 21.5 Å². The number of carbonyl (C=O) groups is 3. The molecule has 5 aromatic rings. The first-order valence-corrected chi connectivity index (χ1v) is 12.5. The predicted molar refractivity (Wildman–Crippen MR) is 146 cm³/mol. The zero-order valence-electron chi connectivity index (χ0n) is 22.2. The van der Waals surface area contributed by atoms with E-state index in [4.69, 9.17) is 0 Å². The molecule has 206 valence electrons. The molecule has 3 heterocycles. The maximum Gasteiger partial charge on any atom is 0.335 e. The molecule has 1 amide bonds. The molecule has 41 heavy (non-hydrogen) atoms. The standard InChI is InChI=1S/C28H24N8O5/c1-4-29-26(37)17-11-22(24-13-35(33-31-24)18-5-7-20(27(38)39)15(2)9-18)30-23(12-17)25-14-36(34-32-25)19-6-8-21(28(40)41)16(3)10-19/h5-14H,4H2,1-3H3,(H,29,37)(H,38,39)(H,40,41). The summed E-state index contributed by atoms with van der Waals surface area (Å²) >= 11 is 0. The Labute approximate surface area is 233 Å². The van der Waals surface area contributed by atoms with Gasteiger partial charge < -0.3 is 15.5 Å². The number of nitrogens with one attached hydrogen (secondary N) is 1. The molecule has 3 N–H and O–H groups in total. The van der Waals surface area contributed by atoms with Crippen molar-refractivity contribution in [2.75, 3.05) is 6.54 Å². The Hall–Kier alpha value is -5.72. The molecule has 0 aliphatic rings. The first-order chi connectivity index (χ1) is 19.6. The van der Waals surface area contributed by atoms with E-state index in [1.54, 1.807) is 62.6 Å². The Morgan fingerprint density at radius 3 is 1.59 bits per heavy atom. The second kappa shape index (κ2) is 10.8. The van der Waals surface area contributed by atoms with Crippen LogP contribution in [0.1, 0.15) is 49.1 Å². The average Bonchev–Trinajstić information content (AvgIpc) is 3.63. The largest absolute Gasteiger partial charge is 0.478 e. The maximum absolute atomic E-state index is 12.8. The van der Waals surface area contributed by atoms with E-state index < -0.39 is 11.9 Å². The first-order valence-electron chi connectivity index (χ1n) is 12.5. The fourth-order valence-electron chi connectivity index (χ4n) is 4.26. The second-order valence-electron chi connectivity index (χ2n) is 9.19. The van der Waals surface area contributed by atoms with Crippen LogP contribution in [0.2, 0.25) is 0 Å². The number of amides is 1. The highest BCUT2D eigenvalue weighted by Gasteiger charge is 2.18. The van der Waals surface area contributed by atoms with E-state index in [9.17, 15) is 24.6 Å². The molecular weight excluding hydrogens is 528 g/mol. The summed E-state index contributed by atoms with van der Waals surface area (Å²) in [6, 6.07) is 12.8. The van der Waals surface area contributed by atoms with Crippen LogP contribution in [0.3, 0.4) is 0 Å². The highest BCUT2D eigenvalue weighted by Crippen LogP contribution is 2.25. The molecule has 0 saturated heterocycles. The number of pyridine rings is 1. The van der Waals surface area contributed by atoms with Gasteiger partial charge >= 0.3 is 11.9 Å². The molecule has 13 heteroatoms. The summed E-state index contributed by atoms with van der Waals surface area (Å²) in [7, 11) is 0. The molecule has 0 bridgehead atoms. The van der Waals surface area contributed by atoms with E-state index in [0.29, 0.717) is 57.4 Å². The third-order valence-electron chi connectivity index (χ3n) is 6.35. The van der Waals surface area contributed by atoms with Gasteiger partial charge in [-0.05, 0) is 80.4 Å². The predicted octanol–water partition coefficient (Wildman–Crippen LogP) is 3.34. The minimum absolute atomic E-state index is 0.191. The van der Waals surface area contributed by atoms with Gasteiger partial charge in [0.1, 0.15) is 11.4 Å². The van der Waals surface area contributed by atoms with Crippen molar-refractivity contribution in [3.8, 4) is 34.2 Å². The minimum Gasteiger partial charge on any atom is -0.478 e. The normalized spacial score (nSPS) is 10.9. The Morgan fingerprint density at radius 1 is 0.732 bits per heavy atom. The molecule has 2 aromatic carbocycles. The summed E-state index contributed by atoms with van der Waals surface area (Å²) in [6.45, 7) is 5.63. The topological polar surface area (TPSA) is 178 Å². The summed E-state index contributed by atoms with van der Waals surface area (Å²) in [5, 5.41) is 38.2. The molecule has 0 unspecified atom stereocenters. The lowest BCUT2D eigenvalue weighted by Crippen LogP contribution is -2.22. The van der Waals surface area contributed by atoms with Crippen LogP contribution in [0.25, 0.3) is 34.2 Å². The van der Waals surface area contributed by atoms with Crippen molar-refractivity contribution in [3.63, 3.8) is 0 Å². The van der Waals surface area contributed by atoms with Gasteiger partial charge in [0, 0.05) is 12.1 Å². The smallest absolute Gasteiger partial charge is 0.335 e. The van der Waals surface area contributed by atoms with E-state index in [1.807, 2.05) is 6.92 Å². The van der Waals surface area contributed by atoms with Crippen molar-refractivity contribution in [3.05, 3.63) is 88.7 Å². The highest BCUT2D eigenvalue weighted by atomic mass is 16.4. The quantitative estimate of drug-likeness (QED) is 0.259. The second-order valence-corrected chi connectivity index (χ2v) is 9.19. The van der Waals surface area contributed by atoms with E-state index in [0.717, 1.165) is 0 Å². The Balaban J connectivity index is 1.53. The van der Waals surface area contributed by atoms with Gasteiger partial charge in [0.25, 0.3) is 5.91 Å². The molecule has 0 fully saturated rings. The Kier molecular flexibility index (Phi) is 7.08. The molecule has 0 spiro atoms. The molecule has 0 aliphatic heterocycles. The van der Waals surface area contributed by atoms with E-state index >= 15 is 0 Å². The van der Waals surface area contributed by atoms with Crippen molar-refractivity contribution in [2.45, 2.75) is 20.8 Å². The zero-order valence-corrected chi connectivity index (χ0v) is 22.2. The number of carbonyl (C=O) groups excluding carboxylic acids is 1. The first kappa shape index (κ1) is 26.9. The van der Waals surface area contributed by atoms with Crippen LogP contribution in [-0.4, -0.2) is 69.6 Å². The van der Waals surface area contributed by atoms with Crippen molar-refractivity contribution in [2.24, 2.45) is 0 Å². The van der Waals surface area contributed by atoms with Gasteiger partial charge in [-0.1, -0.05) is 10.4 Å². The number of aromatic nitrogens is 7. The van der Waals surface area contributed by atoms with Crippen LogP contribution >= 0.6 is 0 Å². The number of aromatic carboxylic acids is 2. The third-order valence-corrected chi connectivity index (χ3v) is 6.35. The minimum atomic E-state index is -1.02. The summed E-state index contributed by atoms with van der Waals surface area (Å²) in [5.74, 6) is -2.34. The lowest BCUT2D eigenvalue weighted by atomic mass is 10.1. The van der Waals surface area contributed by atoms with Crippen LogP contribution in [-0.2, 0) is 0 Å². The van der Waals surface area contributed by atoms with Crippen LogP contribution in [0, 0.1) is 13.8 Å². The number of hydrogen-bond donors (Lipinski definition) is 3. The van der Waals surface area contributed by atoms with Gasteiger partial charge in [0.2, 0.25) is 0 Å². The van der Waals surface area contributed by atoms with Crippen molar-refractivity contribution in [1.82, 2.24) is 40.3 Å². The highest BCUT2D eigenvalue weighted by molar-refractivity contribution is 5.96. The van der Waals surface area contributed by atoms with Gasteiger partial charge in [-0.15, -0.1) is 10.2 Å². The number of nitrogens with zero attached hydrogens (tertiary/aromatic N) is 7. The fourth-order valence-corrected chi connectivity index (χ4v) is 4.26. The molecule has 0 radical (unpaired) electrons. The Morgan fingerprint density at radius 2 is 1.20 bits per heavy atom. The zero-order chi connectivity index (χ0) is 29.3. The molecule has 0 saturated carbocycles. The van der Waals surface area contributed by atoms with Crippen molar-refractivity contribution < 1.29 is 24.6 Å². The number of rotatable bonds is 8. The lowest BCUT2D eigenvalue weighted by molar-refractivity contribution is 0.0685. The molecule has 5 rings (SSSR count). The average molecular weight is 553 g/mol. The maximum atomic E-state index is 12.8. The lowest BCUT2D eigenvalue weighted by Gasteiger charge is -2.07. The number of benzene rings is 2. The van der Waals surface area contributed by atoms with Gasteiger partial charge in [0.05, 0.1) is 46.3 Å². The van der Waals surface area contributed by atoms with Crippen LogP contribution in [0.15, 0.2) is 60.9 Å². The molecule has 13 nitrogen and oxygen atoms in total. The monoisotopic (exact) mass is 552 g/mol. The number of hydrogen-bond acceptors (Lipinski definition) is 8. The van der Waals surface area contributed by atoms with E-state index in [2.05, 4.69) is 30.9 Å².